The fraction of sp³-hybridized carbons (Fsp3) is 0.500. The van der Waals surface area contributed by atoms with Crippen LogP contribution in [0, 0.1) is 11.3 Å². The van der Waals surface area contributed by atoms with E-state index in [0.717, 1.165) is 47.8 Å². The topological polar surface area (TPSA) is 77.0 Å². The third-order valence-electron chi connectivity index (χ3n) is 5.89. The maximum Gasteiger partial charge on any atom is 0.147 e. The molecule has 5 nitrogen and oxygen atoms in total. The van der Waals surface area contributed by atoms with Gasteiger partial charge in [0.2, 0.25) is 0 Å². The van der Waals surface area contributed by atoms with Crippen molar-refractivity contribution in [2.45, 2.75) is 84.0 Å². The molecule has 0 saturated heterocycles. The van der Waals surface area contributed by atoms with Crippen molar-refractivity contribution in [1.82, 2.24) is 9.97 Å². The number of H-pyrrole nitrogens is 2. The molecule has 2 N–H and O–H groups in total. The highest BCUT2D eigenvalue weighted by molar-refractivity contribution is 6.11. The number of hydrogen-bond donors (Lipinski definition) is 2. The molecular weight excluding hydrogens is 408 g/mol. The quantitative estimate of drug-likeness (QED) is 0.262. The van der Waals surface area contributed by atoms with Crippen molar-refractivity contribution < 1.29 is 4.74 Å². The van der Waals surface area contributed by atoms with Gasteiger partial charge in [-0.2, -0.15) is 5.26 Å². The lowest BCUT2D eigenvalue weighted by Gasteiger charge is -2.05. The number of ether oxygens (including phenoxy) is 1. The number of allylic oxidation sites excluding steroid dienone is 1. The molecule has 0 radical (unpaired) electrons. The van der Waals surface area contributed by atoms with Crippen LogP contribution in [0.4, 0.5) is 0 Å². The van der Waals surface area contributed by atoms with E-state index in [1.807, 2.05) is 24.4 Å². The minimum absolute atomic E-state index is 0.688. The zero-order chi connectivity index (χ0) is 23.1. The van der Waals surface area contributed by atoms with Gasteiger partial charge in [-0.05, 0) is 56.0 Å². The summed E-state index contributed by atoms with van der Waals surface area (Å²) in [5, 5.41) is 8.55. The number of hydrogen-bond acceptors (Lipinski definition) is 3. The molecule has 0 spiro atoms. The number of aliphatic imine (C=N–C) groups is 1. The molecule has 3 heterocycles. The molecule has 176 valence electrons. The fourth-order valence-electron chi connectivity index (χ4n) is 4.07. The number of aromatic nitrogens is 2. The van der Waals surface area contributed by atoms with E-state index in [1.165, 1.54) is 57.1 Å². The van der Waals surface area contributed by atoms with Crippen LogP contribution in [0.25, 0.3) is 6.08 Å². The molecule has 0 aromatic carbocycles. The smallest absolute Gasteiger partial charge is 0.147 e. The average molecular weight is 447 g/mol. The van der Waals surface area contributed by atoms with Crippen LogP contribution < -0.4 is 0 Å². The van der Waals surface area contributed by atoms with Gasteiger partial charge in [-0.3, -0.25) is 0 Å². The van der Waals surface area contributed by atoms with Crippen molar-refractivity contribution in [3.05, 3.63) is 65.1 Å². The maximum absolute atomic E-state index is 8.55. The van der Waals surface area contributed by atoms with Gasteiger partial charge in [-0.25, -0.2) is 4.99 Å². The third kappa shape index (κ3) is 8.46. The van der Waals surface area contributed by atoms with Gasteiger partial charge in [-0.15, -0.1) is 0 Å². The van der Waals surface area contributed by atoms with Crippen molar-refractivity contribution in [3.8, 4) is 6.07 Å². The minimum atomic E-state index is 0.688. The lowest BCUT2D eigenvalue weighted by molar-refractivity contribution is 0.222. The first-order valence-electron chi connectivity index (χ1n) is 12.6. The number of nitriles is 1. The van der Waals surface area contributed by atoms with E-state index in [4.69, 9.17) is 15.0 Å². The van der Waals surface area contributed by atoms with E-state index in [2.05, 4.69) is 41.2 Å². The summed E-state index contributed by atoms with van der Waals surface area (Å²) in [7, 11) is 0. The van der Waals surface area contributed by atoms with Gasteiger partial charge >= 0.3 is 0 Å². The Morgan fingerprint density at radius 2 is 1.76 bits per heavy atom. The lowest BCUT2D eigenvalue weighted by Crippen LogP contribution is -1.95. The molecule has 0 aliphatic carbocycles. The van der Waals surface area contributed by atoms with Gasteiger partial charge in [0, 0.05) is 30.1 Å². The second-order valence-corrected chi connectivity index (χ2v) is 8.75. The van der Waals surface area contributed by atoms with Crippen LogP contribution in [0.3, 0.4) is 0 Å². The average Bonchev–Trinajstić information content (AvgIpc) is 3.58. The predicted octanol–water partition coefficient (Wildman–Crippen LogP) is 7.46. The van der Waals surface area contributed by atoms with Gasteiger partial charge in [-0.1, -0.05) is 51.9 Å². The zero-order valence-corrected chi connectivity index (χ0v) is 20.0. The van der Waals surface area contributed by atoms with Crippen LogP contribution in [0.1, 0.15) is 94.6 Å². The molecule has 0 amide bonds. The Kier molecular flexibility index (Phi) is 10.6. The van der Waals surface area contributed by atoms with Crippen LogP contribution in [0.15, 0.2) is 53.0 Å². The van der Waals surface area contributed by atoms with Crippen molar-refractivity contribution in [1.29, 1.82) is 5.26 Å². The number of rotatable bonds is 16. The van der Waals surface area contributed by atoms with Crippen molar-refractivity contribution >= 4 is 11.8 Å². The molecule has 2 aromatic rings. The molecule has 2 aromatic heterocycles. The molecule has 0 unspecified atom stereocenters. The summed E-state index contributed by atoms with van der Waals surface area (Å²) in [4.78, 5) is 11.6. The summed E-state index contributed by atoms with van der Waals surface area (Å²) < 4.78 is 5.95. The highest BCUT2D eigenvalue weighted by Crippen LogP contribution is 2.25. The molecule has 1 aliphatic heterocycles. The Morgan fingerprint density at radius 1 is 1.00 bits per heavy atom. The first-order chi connectivity index (χ1) is 16.3. The second kappa shape index (κ2) is 14.2. The summed E-state index contributed by atoms with van der Waals surface area (Å²) in [5.74, 6) is 0.836. The first-order valence-corrected chi connectivity index (χ1v) is 12.6. The monoisotopic (exact) mass is 446 g/mol. The Hall–Kier alpha value is -3.00. The Morgan fingerprint density at radius 3 is 2.45 bits per heavy atom. The zero-order valence-electron chi connectivity index (χ0n) is 20.0. The molecule has 1 aliphatic rings. The van der Waals surface area contributed by atoms with E-state index >= 15 is 0 Å². The Balaban J connectivity index is 1.41. The molecule has 5 heteroatoms. The largest absolute Gasteiger partial charge is 0.491 e. The standard InChI is InChI=1S/C28H38N4O/c1-2-20-33-28-22-26(25-15-13-19-30-25)32-27(28)21-24-17-16-23(31-24)14-11-9-7-5-3-4-6-8-10-12-18-29/h13,15-17,19,21-22,30-31H,2-12,14,20H2,1H3. The molecule has 0 fully saturated rings. The van der Waals surface area contributed by atoms with Crippen molar-refractivity contribution in [2.75, 3.05) is 6.61 Å². The predicted molar refractivity (Wildman–Crippen MR) is 136 cm³/mol. The summed E-state index contributed by atoms with van der Waals surface area (Å²) >= 11 is 0. The maximum atomic E-state index is 8.55. The van der Waals surface area contributed by atoms with Gasteiger partial charge in [0.1, 0.15) is 11.5 Å². The Bertz CT molecular complexity index is 956. The van der Waals surface area contributed by atoms with E-state index in [9.17, 15) is 0 Å². The minimum Gasteiger partial charge on any atom is -0.491 e. The first kappa shape index (κ1) is 24.6. The highest BCUT2D eigenvalue weighted by Gasteiger charge is 2.18. The highest BCUT2D eigenvalue weighted by atomic mass is 16.5. The number of nitrogens with zero attached hydrogens (tertiary/aromatic N) is 2. The summed E-state index contributed by atoms with van der Waals surface area (Å²) in [6.45, 7) is 2.80. The molecule has 33 heavy (non-hydrogen) atoms. The fourth-order valence-corrected chi connectivity index (χ4v) is 4.07. The van der Waals surface area contributed by atoms with E-state index < -0.39 is 0 Å². The van der Waals surface area contributed by atoms with E-state index in [0.29, 0.717) is 13.0 Å². The van der Waals surface area contributed by atoms with Gasteiger partial charge < -0.3 is 14.7 Å². The van der Waals surface area contributed by atoms with Crippen LogP contribution in [-0.4, -0.2) is 22.3 Å². The third-order valence-corrected chi connectivity index (χ3v) is 5.89. The molecule has 0 saturated carbocycles. The van der Waals surface area contributed by atoms with Crippen LogP contribution in [0.5, 0.6) is 0 Å². The molecule has 3 rings (SSSR count). The lowest BCUT2D eigenvalue weighted by atomic mass is 10.1. The summed E-state index contributed by atoms with van der Waals surface area (Å²) in [6, 6.07) is 10.6. The van der Waals surface area contributed by atoms with Crippen LogP contribution in [0.2, 0.25) is 0 Å². The SMILES string of the molecule is CCCOC1=CC(c2ccc[nH]2)=NC1=Cc1ccc(CCCCCCCCCCCC#N)[nH]1. The number of nitrogens with one attached hydrogen (secondary N) is 2. The normalized spacial score (nSPS) is 14.4. The number of aromatic amines is 2. The summed E-state index contributed by atoms with van der Waals surface area (Å²) in [6.07, 6.45) is 20.1. The van der Waals surface area contributed by atoms with Crippen LogP contribution >= 0.6 is 0 Å². The molecule has 0 bridgehead atoms. The van der Waals surface area contributed by atoms with Gasteiger partial charge in [0.05, 0.1) is 24.1 Å². The van der Waals surface area contributed by atoms with Crippen molar-refractivity contribution in [2.24, 2.45) is 4.99 Å². The van der Waals surface area contributed by atoms with E-state index in [-0.39, 0.29) is 0 Å². The van der Waals surface area contributed by atoms with Gasteiger partial charge in [0.15, 0.2) is 0 Å². The molecular formula is C28H38N4O. The number of aryl methyl sites for hydroxylation is 1. The van der Waals surface area contributed by atoms with Crippen molar-refractivity contribution in [3.63, 3.8) is 0 Å². The summed E-state index contributed by atoms with van der Waals surface area (Å²) in [5.41, 5.74) is 5.13. The molecule has 0 atom stereocenters. The number of unbranched alkanes of at least 4 members (excludes halogenated alkanes) is 9. The van der Waals surface area contributed by atoms with Crippen LogP contribution in [-0.2, 0) is 11.2 Å². The van der Waals surface area contributed by atoms with Gasteiger partial charge in [0.25, 0.3) is 0 Å². The second-order valence-electron chi connectivity index (χ2n) is 8.75. The Labute approximate surface area is 198 Å². The van der Waals surface area contributed by atoms with E-state index in [1.54, 1.807) is 0 Å².